The molecule has 1 aliphatic carbocycles. The molecule has 0 radical (unpaired) electrons. The van der Waals surface area contributed by atoms with Crippen LogP contribution in [0.15, 0.2) is 35.9 Å². The molecule has 28 heavy (non-hydrogen) atoms. The van der Waals surface area contributed by atoms with Crippen molar-refractivity contribution in [1.29, 1.82) is 0 Å². The van der Waals surface area contributed by atoms with Gasteiger partial charge in [-0.25, -0.2) is 0 Å². The quantitative estimate of drug-likeness (QED) is 0.448. The summed E-state index contributed by atoms with van der Waals surface area (Å²) in [4.78, 5) is 0. The van der Waals surface area contributed by atoms with Gasteiger partial charge in [0.15, 0.2) is 0 Å². The molecule has 0 spiro atoms. The van der Waals surface area contributed by atoms with Crippen LogP contribution in [0.25, 0.3) is 0 Å². The Morgan fingerprint density at radius 3 is 1.43 bits per heavy atom. The van der Waals surface area contributed by atoms with Crippen LogP contribution in [-0.2, 0) is 0 Å². The van der Waals surface area contributed by atoms with E-state index in [2.05, 4.69) is 92.7 Å². The smallest absolute Gasteiger partial charge is 0.0831 e. The summed E-state index contributed by atoms with van der Waals surface area (Å²) in [5.41, 5.74) is 13.2. The Bertz CT molecular complexity index is 814. The van der Waals surface area contributed by atoms with Crippen molar-refractivity contribution in [2.75, 3.05) is 0 Å². The molecule has 0 fully saturated rings. The zero-order chi connectivity index (χ0) is 20.7. The summed E-state index contributed by atoms with van der Waals surface area (Å²) in [6.07, 6.45) is 3.82. The number of benzene rings is 2. The maximum atomic E-state index is 2.54. The number of hydrogen-bond donors (Lipinski definition) is 0. The van der Waals surface area contributed by atoms with E-state index in [1.165, 1.54) is 39.8 Å². The molecule has 2 aromatic carbocycles. The lowest BCUT2D eigenvalue weighted by atomic mass is 9.28. The first-order valence-electron chi connectivity index (χ1n) is 10.9. The van der Waals surface area contributed by atoms with Crippen molar-refractivity contribution in [1.82, 2.24) is 0 Å². The van der Waals surface area contributed by atoms with Gasteiger partial charge in [0.1, 0.15) is 0 Å². The Morgan fingerprint density at radius 1 is 0.679 bits per heavy atom. The Kier molecular flexibility index (Phi) is 5.94. The van der Waals surface area contributed by atoms with Crippen molar-refractivity contribution >= 4 is 17.6 Å². The van der Waals surface area contributed by atoms with Gasteiger partial charge in [-0.2, -0.15) is 0 Å². The fourth-order valence-corrected chi connectivity index (χ4v) is 6.27. The molecular weight excluding hydrogens is 335 g/mol. The molecule has 0 bridgehead atoms. The standard InChI is InChI=1S/C27H37B/c1-16-10-19(4)25(20(5)11-16)28(26-21(6)12-17(2)13-22(26)7)27-23(8)14-18(3)15-24(27)9/h10-14,18,24,27H,15H2,1-9H3/t18-,24?,27+/m0/s1. The molecule has 0 amide bonds. The van der Waals surface area contributed by atoms with E-state index < -0.39 is 0 Å². The summed E-state index contributed by atoms with van der Waals surface area (Å²) in [7, 11) is 0. The van der Waals surface area contributed by atoms with E-state index in [-0.39, 0.29) is 0 Å². The Balaban J connectivity index is 2.32. The minimum absolute atomic E-state index is 0.431. The predicted molar refractivity (Wildman–Crippen MR) is 127 cm³/mol. The first kappa shape index (κ1) is 21.0. The fraction of sp³-hybridized carbons (Fsp3) is 0.481. The van der Waals surface area contributed by atoms with E-state index >= 15 is 0 Å². The zero-order valence-electron chi connectivity index (χ0n) is 19.4. The molecule has 3 rings (SSSR count). The minimum atomic E-state index is 0.431. The highest BCUT2D eigenvalue weighted by Crippen LogP contribution is 2.40. The first-order valence-corrected chi connectivity index (χ1v) is 10.9. The maximum Gasteiger partial charge on any atom is 0.218 e. The van der Waals surface area contributed by atoms with Crippen molar-refractivity contribution in [3.8, 4) is 0 Å². The fourth-order valence-electron chi connectivity index (χ4n) is 6.27. The second-order valence-corrected chi connectivity index (χ2v) is 9.73. The molecule has 0 saturated carbocycles. The first-order chi connectivity index (χ1) is 13.1. The molecule has 0 nitrogen and oxygen atoms in total. The van der Waals surface area contributed by atoms with Crippen LogP contribution in [0, 0.1) is 53.4 Å². The molecule has 0 aliphatic heterocycles. The summed E-state index contributed by atoms with van der Waals surface area (Å²) in [5, 5.41) is 0. The van der Waals surface area contributed by atoms with E-state index in [4.69, 9.17) is 0 Å². The van der Waals surface area contributed by atoms with Gasteiger partial charge in [-0.3, -0.25) is 0 Å². The summed E-state index contributed by atoms with van der Waals surface area (Å²) < 4.78 is 0. The monoisotopic (exact) mass is 372 g/mol. The van der Waals surface area contributed by atoms with Crippen LogP contribution in [-0.4, -0.2) is 6.71 Å². The molecule has 2 aromatic rings. The van der Waals surface area contributed by atoms with Crippen LogP contribution >= 0.6 is 0 Å². The minimum Gasteiger partial charge on any atom is -0.0831 e. The molecule has 0 heterocycles. The van der Waals surface area contributed by atoms with Gasteiger partial charge in [-0.05, 0) is 72.5 Å². The molecule has 1 heteroatoms. The number of allylic oxidation sites excluding steroid dienone is 2. The maximum absolute atomic E-state index is 2.54. The van der Waals surface area contributed by atoms with Gasteiger partial charge in [0.2, 0.25) is 6.71 Å². The highest BCUT2D eigenvalue weighted by Gasteiger charge is 2.39. The van der Waals surface area contributed by atoms with Crippen molar-refractivity contribution in [3.05, 3.63) is 69.3 Å². The number of aryl methyl sites for hydroxylation is 6. The third kappa shape index (κ3) is 3.86. The lowest BCUT2D eigenvalue weighted by Gasteiger charge is -2.38. The van der Waals surface area contributed by atoms with Gasteiger partial charge in [0.05, 0.1) is 0 Å². The third-order valence-corrected chi connectivity index (χ3v) is 6.89. The van der Waals surface area contributed by atoms with E-state index in [1.807, 2.05) is 0 Å². The lowest BCUT2D eigenvalue weighted by Crippen LogP contribution is -2.53. The van der Waals surface area contributed by atoms with E-state index in [1.54, 1.807) is 16.5 Å². The van der Waals surface area contributed by atoms with Gasteiger partial charge in [0, 0.05) is 0 Å². The average Bonchev–Trinajstić information content (AvgIpc) is 2.51. The summed E-state index contributed by atoms with van der Waals surface area (Å²) in [5.74, 6) is 1.94. The summed E-state index contributed by atoms with van der Waals surface area (Å²) >= 11 is 0. The highest BCUT2D eigenvalue weighted by atomic mass is 14.3. The Morgan fingerprint density at radius 2 is 1.07 bits per heavy atom. The Labute approximate surface area is 173 Å². The number of hydrogen-bond acceptors (Lipinski definition) is 0. The van der Waals surface area contributed by atoms with E-state index in [9.17, 15) is 0 Å². The van der Waals surface area contributed by atoms with Crippen LogP contribution < -0.4 is 10.9 Å². The van der Waals surface area contributed by atoms with Crippen molar-refractivity contribution in [2.45, 2.75) is 74.6 Å². The van der Waals surface area contributed by atoms with Gasteiger partial charge in [-0.15, -0.1) is 0 Å². The topological polar surface area (TPSA) is 0 Å². The molecule has 0 aromatic heterocycles. The predicted octanol–water partition coefficient (Wildman–Crippen LogP) is 6.14. The molecule has 1 unspecified atom stereocenters. The second-order valence-electron chi connectivity index (χ2n) is 9.73. The molecule has 3 atom stereocenters. The van der Waals surface area contributed by atoms with Gasteiger partial charge >= 0.3 is 0 Å². The van der Waals surface area contributed by atoms with Crippen LogP contribution in [0.4, 0.5) is 0 Å². The van der Waals surface area contributed by atoms with Gasteiger partial charge in [-0.1, -0.05) is 94.1 Å². The SMILES string of the molecule is CC1=C[C@H](C)CC(C)[C@@H]1B(c1c(C)cc(C)cc1C)c1c(C)cc(C)cc1C. The van der Waals surface area contributed by atoms with E-state index in [0.717, 1.165) is 0 Å². The Hall–Kier alpha value is -1.76. The van der Waals surface area contributed by atoms with Crippen LogP contribution in [0.5, 0.6) is 0 Å². The molecule has 0 N–H and O–H groups in total. The highest BCUT2D eigenvalue weighted by molar-refractivity contribution is 6.88. The lowest BCUT2D eigenvalue weighted by molar-refractivity contribution is 0.432. The number of rotatable bonds is 3. The van der Waals surface area contributed by atoms with Crippen LogP contribution in [0.2, 0.25) is 5.82 Å². The third-order valence-electron chi connectivity index (χ3n) is 6.89. The van der Waals surface area contributed by atoms with Gasteiger partial charge in [0.25, 0.3) is 0 Å². The molecule has 148 valence electrons. The average molecular weight is 372 g/mol. The van der Waals surface area contributed by atoms with Gasteiger partial charge < -0.3 is 0 Å². The second kappa shape index (κ2) is 7.93. The molecule has 0 saturated heterocycles. The van der Waals surface area contributed by atoms with E-state index in [0.29, 0.717) is 24.4 Å². The van der Waals surface area contributed by atoms with Crippen molar-refractivity contribution in [2.24, 2.45) is 11.8 Å². The van der Waals surface area contributed by atoms with Crippen LogP contribution in [0.3, 0.4) is 0 Å². The van der Waals surface area contributed by atoms with Crippen molar-refractivity contribution in [3.63, 3.8) is 0 Å². The zero-order valence-corrected chi connectivity index (χ0v) is 19.4. The van der Waals surface area contributed by atoms with Crippen LogP contribution in [0.1, 0.15) is 60.6 Å². The molecule has 1 aliphatic rings. The molecular formula is C27H37B. The normalized spacial score (nSPS) is 22.2. The summed E-state index contributed by atoms with van der Waals surface area (Å²) in [6, 6.07) is 9.51. The largest absolute Gasteiger partial charge is 0.218 e. The summed E-state index contributed by atoms with van der Waals surface area (Å²) in [6.45, 7) is 21.4. The van der Waals surface area contributed by atoms with Crippen molar-refractivity contribution < 1.29 is 0 Å².